The zero-order valence-electron chi connectivity index (χ0n) is 21.8. The molecule has 0 aliphatic carbocycles. The number of aromatic nitrogens is 1. The van der Waals surface area contributed by atoms with Gasteiger partial charge in [-0.2, -0.15) is 0 Å². The number of hydrogen-bond acceptors (Lipinski definition) is 4. The summed E-state index contributed by atoms with van der Waals surface area (Å²) in [5, 5.41) is 6.64. The lowest BCUT2D eigenvalue weighted by Gasteiger charge is -2.37. The highest BCUT2D eigenvalue weighted by molar-refractivity contribution is 5.67. The number of alkyl carbamates (subject to hydrolysis) is 1. The van der Waals surface area contributed by atoms with Crippen molar-refractivity contribution in [2.24, 2.45) is 0 Å². The Balaban J connectivity index is 1.60. The SMILES string of the molecule is CC(C)(C)OC(=O)NCCCc1cccc(NC(c2ccccc2)(c2ccccc2)c2ccccc2)n1. The molecule has 2 N–H and O–H groups in total. The summed E-state index contributed by atoms with van der Waals surface area (Å²) < 4.78 is 5.31. The molecule has 0 fully saturated rings. The molecule has 0 unspecified atom stereocenters. The highest BCUT2D eigenvalue weighted by Gasteiger charge is 2.36. The van der Waals surface area contributed by atoms with Gasteiger partial charge in [0.15, 0.2) is 0 Å². The van der Waals surface area contributed by atoms with E-state index in [1.54, 1.807) is 0 Å². The smallest absolute Gasteiger partial charge is 0.407 e. The average Bonchev–Trinajstić information content (AvgIpc) is 2.90. The van der Waals surface area contributed by atoms with E-state index in [0.717, 1.165) is 41.0 Å². The number of hydrogen-bond donors (Lipinski definition) is 2. The first-order valence-corrected chi connectivity index (χ1v) is 12.7. The molecule has 0 aliphatic rings. The first kappa shape index (κ1) is 26.0. The lowest BCUT2D eigenvalue weighted by Crippen LogP contribution is -2.38. The first-order valence-electron chi connectivity index (χ1n) is 12.7. The Morgan fingerprint density at radius 2 is 1.24 bits per heavy atom. The van der Waals surface area contributed by atoms with Crippen LogP contribution in [0.1, 0.15) is 49.6 Å². The van der Waals surface area contributed by atoms with E-state index in [2.05, 4.69) is 83.4 Å². The van der Waals surface area contributed by atoms with Crippen LogP contribution in [0.4, 0.5) is 10.6 Å². The van der Waals surface area contributed by atoms with Crippen molar-refractivity contribution in [2.45, 2.75) is 44.8 Å². The van der Waals surface area contributed by atoms with Crippen LogP contribution < -0.4 is 10.6 Å². The minimum absolute atomic E-state index is 0.394. The van der Waals surface area contributed by atoms with Gasteiger partial charge in [0.25, 0.3) is 0 Å². The largest absolute Gasteiger partial charge is 0.444 e. The maximum absolute atomic E-state index is 11.9. The number of pyridine rings is 1. The van der Waals surface area contributed by atoms with Crippen LogP contribution >= 0.6 is 0 Å². The summed E-state index contributed by atoms with van der Waals surface area (Å²) in [6.07, 6.45) is 1.10. The van der Waals surface area contributed by atoms with E-state index in [1.807, 2.05) is 57.2 Å². The van der Waals surface area contributed by atoms with E-state index in [4.69, 9.17) is 9.72 Å². The Morgan fingerprint density at radius 3 is 1.73 bits per heavy atom. The summed E-state index contributed by atoms with van der Waals surface area (Å²) in [5.74, 6) is 0.786. The molecular formula is C32H35N3O2. The van der Waals surface area contributed by atoms with Crippen LogP contribution in [0.25, 0.3) is 0 Å². The van der Waals surface area contributed by atoms with Gasteiger partial charge in [0.1, 0.15) is 17.0 Å². The van der Waals surface area contributed by atoms with E-state index < -0.39 is 17.2 Å². The van der Waals surface area contributed by atoms with Gasteiger partial charge in [-0.1, -0.05) is 97.1 Å². The molecule has 1 aromatic heterocycles. The number of nitrogens with one attached hydrogen (secondary N) is 2. The fraction of sp³-hybridized carbons (Fsp3) is 0.250. The van der Waals surface area contributed by atoms with E-state index in [-0.39, 0.29) is 0 Å². The van der Waals surface area contributed by atoms with Crippen LogP contribution in [0.15, 0.2) is 109 Å². The molecule has 0 saturated carbocycles. The molecule has 3 aromatic carbocycles. The van der Waals surface area contributed by atoms with Gasteiger partial charge in [-0.05, 0) is 62.4 Å². The van der Waals surface area contributed by atoms with Crippen LogP contribution in [0, 0.1) is 0 Å². The summed E-state index contributed by atoms with van der Waals surface area (Å²) in [6.45, 7) is 6.09. The van der Waals surface area contributed by atoms with Gasteiger partial charge in [-0.3, -0.25) is 0 Å². The number of anilines is 1. The van der Waals surface area contributed by atoms with Gasteiger partial charge in [0.2, 0.25) is 0 Å². The Kier molecular flexibility index (Phi) is 8.24. The maximum atomic E-state index is 11.9. The Morgan fingerprint density at radius 1 is 0.730 bits per heavy atom. The summed E-state index contributed by atoms with van der Waals surface area (Å²) in [6, 6.07) is 37.5. The van der Waals surface area contributed by atoms with Crippen molar-refractivity contribution in [1.82, 2.24) is 10.3 Å². The number of aryl methyl sites for hydroxylation is 1. The van der Waals surface area contributed by atoms with Gasteiger partial charge in [0, 0.05) is 12.2 Å². The van der Waals surface area contributed by atoms with Crippen LogP contribution in [-0.2, 0) is 16.7 Å². The summed E-state index contributed by atoms with van der Waals surface area (Å²) in [5.41, 5.74) is 3.20. The van der Waals surface area contributed by atoms with Gasteiger partial charge in [-0.15, -0.1) is 0 Å². The fourth-order valence-electron chi connectivity index (χ4n) is 4.44. The third kappa shape index (κ3) is 6.76. The molecular weight excluding hydrogens is 458 g/mol. The van der Waals surface area contributed by atoms with E-state index in [9.17, 15) is 4.79 Å². The second-order valence-corrected chi connectivity index (χ2v) is 10.0. The van der Waals surface area contributed by atoms with Crippen LogP contribution in [0.3, 0.4) is 0 Å². The molecule has 4 aromatic rings. The van der Waals surface area contributed by atoms with Gasteiger partial charge >= 0.3 is 6.09 Å². The Bertz CT molecular complexity index is 1170. The summed E-state index contributed by atoms with van der Waals surface area (Å²) in [4.78, 5) is 16.9. The van der Waals surface area contributed by atoms with Crippen molar-refractivity contribution in [3.8, 4) is 0 Å². The minimum Gasteiger partial charge on any atom is -0.444 e. The Labute approximate surface area is 219 Å². The number of ether oxygens (including phenoxy) is 1. The highest BCUT2D eigenvalue weighted by atomic mass is 16.6. The fourth-order valence-corrected chi connectivity index (χ4v) is 4.44. The van der Waals surface area contributed by atoms with Crippen molar-refractivity contribution < 1.29 is 9.53 Å². The molecule has 0 spiro atoms. The molecule has 0 atom stereocenters. The quantitative estimate of drug-likeness (QED) is 0.196. The first-order chi connectivity index (χ1) is 17.9. The molecule has 0 bridgehead atoms. The zero-order valence-corrected chi connectivity index (χ0v) is 21.8. The number of benzene rings is 3. The lowest BCUT2D eigenvalue weighted by molar-refractivity contribution is 0.0527. The molecule has 37 heavy (non-hydrogen) atoms. The monoisotopic (exact) mass is 493 g/mol. The van der Waals surface area contributed by atoms with Crippen LogP contribution in [0.5, 0.6) is 0 Å². The number of carbonyl (C=O) groups excluding carboxylic acids is 1. The molecule has 1 amide bonds. The van der Waals surface area contributed by atoms with Crippen LogP contribution in [-0.4, -0.2) is 23.2 Å². The van der Waals surface area contributed by atoms with Gasteiger partial charge in [0.05, 0.1) is 0 Å². The normalized spacial score (nSPS) is 11.5. The molecule has 190 valence electrons. The highest BCUT2D eigenvalue weighted by Crippen LogP contribution is 2.39. The van der Waals surface area contributed by atoms with Crippen LogP contribution in [0.2, 0.25) is 0 Å². The predicted octanol–water partition coefficient (Wildman–Crippen LogP) is 6.94. The molecule has 1 heterocycles. The molecule has 5 heteroatoms. The second kappa shape index (κ2) is 11.7. The second-order valence-electron chi connectivity index (χ2n) is 10.0. The summed E-state index contributed by atoms with van der Waals surface area (Å²) in [7, 11) is 0. The predicted molar refractivity (Wildman–Crippen MR) is 150 cm³/mol. The van der Waals surface area contributed by atoms with E-state index in [1.165, 1.54) is 0 Å². The van der Waals surface area contributed by atoms with Gasteiger partial charge in [-0.25, -0.2) is 9.78 Å². The standard InChI is InChI=1S/C32H35N3O2/c1-31(2,3)37-30(36)33-24-14-22-28-21-13-23-29(34-28)35-32(25-15-7-4-8-16-25,26-17-9-5-10-18-26)27-19-11-6-12-20-27/h4-13,15-21,23H,14,22,24H2,1-3H3,(H,33,36)(H,34,35). The number of rotatable bonds is 9. The Hall–Kier alpha value is -4.12. The van der Waals surface area contributed by atoms with Crippen molar-refractivity contribution >= 4 is 11.9 Å². The van der Waals surface area contributed by atoms with Crippen molar-refractivity contribution in [3.05, 3.63) is 132 Å². The van der Waals surface area contributed by atoms with Crippen molar-refractivity contribution in [1.29, 1.82) is 0 Å². The topological polar surface area (TPSA) is 63.2 Å². The van der Waals surface area contributed by atoms with Crippen molar-refractivity contribution in [3.63, 3.8) is 0 Å². The molecule has 0 saturated heterocycles. The summed E-state index contributed by atoms with van der Waals surface area (Å²) >= 11 is 0. The molecule has 0 radical (unpaired) electrons. The van der Waals surface area contributed by atoms with Crippen molar-refractivity contribution in [2.75, 3.05) is 11.9 Å². The lowest BCUT2D eigenvalue weighted by atomic mass is 9.77. The third-order valence-electron chi connectivity index (χ3n) is 6.02. The number of nitrogens with zero attached hydrogens (tertiary/aromatic N) is 1. The number of carbonyl (C=O) groups is 1. The molecule has 4 rings (SSSR count). The van der Waals surface area contributed by atoms with E-state index >= 15 is 0 Å². The third-order valence-corrected chi connectivity index (χ3v) is 6.02. The molecule has 0 aliphatic heterocycles. The van der Waals surface area contributed by atoms with Gasteiger partial charge < -0.3 is 15.4 Å². The van der Waals surface area contributed by atoms with E-state index in [0.29, 0.717) is 6.54 Å². The molecule has 5 nitrogen and oxygen atoms in total. The number of amides is 1. The average molecular weight is 494 g/mol. The zero-order chi connectivity index (χ0) is 26.1. The maximum Gasteiger partial charge on any atom is 0.407 e. The minimum atomic E-state index is -0.631.